The fraction of sp³-hybridized carbons (Fsp3) is 0.111. The molecule has 0 radical (unpaired) electrons. The number of nitrogens with one attached hydrogen (secondary N) is 2. The fourth-order valence-electron chi connectivity index (χ4n) is 1.61. The minimum Gasteiger partial charge on any atom is -0.380 e. The second-order valence-corrected chi connectivity index (χ2v) is 2.89. The molecule has 2 heterocycles. The Labute approximate surface area is 64.2 Å². The van der Waals surface area contributed by atoms with Crippen molar-refractivity contribution in [1.82, 2.24) is 4.98 Å². The largest absolute Gasteiger partial charge is 0.380 e. The molecule has 54 valence electrons. The second-order valence-electron chi connectivity index (χ2n) is 2.89. The molecule has 0 unspecified atom stereocenters. The van der Waals surface area contributed by atoms with Crippen molar-refractivity contribution in [2.24, 2.45) is 0 Å². The molecular formula is C9H8N2. The summed E-state index contributed by atoms with van der Waals surface area (Å²) in [5.74, 6) is 0. The number of hydrogen-bond donors (Lipinski definition) is 2. The van der Waals surface area contributed by atoms with Crippen LogP contribution in [0.25, 0.3) is 10.9 Å². The smallest absolute Gasteiger partial charge is 0.0488 e. The molecule has 0 atom stereocenters. The first-order valence-electron chi connectivity index (χ1n) is 3.78. The van der Waals surface area contributed by atoms with Gasteiger partial charge in [0.25, 0.3) is 0 Å². The topological polar surface area (TPSA) is 27.8 Å². The number of fused-ring (bicyclic) bond motifs is 3. The number of H-pyrrole nitrogens is 1. The third kappa shape index (κ3) is 0.522. The summed E-state index contributed by atoms with van der Waals surface area (Å²) in [4.78, 5) is 3.18. The third-order valence-corrected chi connectivity index (χ3v) is 2.28. The van der Waals surface area contributed by atoms with Crippen LogP contribution in [0.4, 0.5) is 5.69 Å². The highest BCUT2D eigenvalue weighted by atomic mass is 14.9. The van der Waals surface area contributed by atoms with Crippen LogP contribution in [0.5, 0.6) is 0 Å². The second kappa shape index (κ2) is 1.59. The molecule has 11 heavy (non-hydrogen) atoms. The predicted molar refractivity (Wildman–Crippen MR) is 45.6 cm³/mol. The Balaban J connectivity index is 2.54. The number of aromatic amines is 1. The first-order chi connectivity index (χ1) is 5.45. The maximum Gasteiger partial charge on any atom is 0.0488 e. The standard InChI is InChI=1S/C9H8N2/c1-2-8-7(3-4-10-8)9-6(1)5-11-9/h1-4,10-11H,5H2. The third-order valence-electron chi connectivity index (χ3n) is 2.28. The van der Waals surface area contributed by atoms with Crippen LogP contribution in [0.15, 0.2) is 24.4 Å². The number of anilines is 1. The van der Waals surface area contributed by atoms with Gasteiger partial charge in [0.05, 0.1) is 0 Å². The zero-order chi connectivity index (χ0) is 7.26. The lowest BCUT2D eigenvalue weighted by Crippen LogP contribution is -2.12. The molecule has 0 saturated carbocycles. The Bertz CT molecular complexity index is 414. The fourth-order valence-corrected chi connectivity index (χ4v) is 1.61. The summed E-state index contributed by atoms with van der Waals surface area (Å²) in [6.45, 7) is 1.02. The van der Waals surface area contributed by atoms with Gasteiger partial charge in [-0.3, -0.25) is 0 Å². The molecule has 0 aliphatic carbocycles. The Morgan fingerprint density at radius 2 is 2.18 bits per heavy atom. The average Bonchev–Trinajstić information content (AvgIpc) is 2.34. The number of rotatable bonds is 0. The molecule has 1 aromatic carbocycles. The van der Waals surface area contributed by atoms with Gasteiger partial charge < -0.3 is 10.3 Å². The lowest BCUT2D eigenvalue weighted by atomic mass is 10.0. The zero-order valence-electron chi connectivity index (χ0n) is 6.02. The number of hydrogen-bond acceptors (Lipinski definition) is 1. The highest BCUT2D eigenvalue weighted by Gasteiger charge is 2.14. The van der Waals surface area contributed by atoms with E-state index in [9.17, 15) is 0 Å². The van der Waals surface area contributed by atoms with Crippen LogP contribution in [0.1, 0.15) is 5.56 Å². The molecule has 1 aromatic heterocycles. The number of aromatic nitrogens is 1. The van der Waals surface area contributed by atoms with E-state index in [0.717, 1.165) is 6.54 Å². The van der Waals surface area contributed by atoms with E-state index in [2.05, 4.69) is 28.5 Å². The van der Waals surface area contributed by atoms with Gasteiger partial charge >= 0.3 is 0 Å². The van der Waals surface area contributed by atoms with Crippen LogP contribution in [0.2, 0.25) is 0 Å². The Hall–Kier alpha value is -1.44. The van der Waals surface area contributed by atoms with Gasteiger partial charge in [0.15, 0.2) is 0 Å². The normalized spacial score (nSPS) is 13.8. The maximum atomic E-state index is 3.30. The molecule has 0 fully saturated rings. The summed E-state index contributed by atoms with van der Waals surface area (Å²) < 4.78 is 0. The summed E-state index contributed by atoms with van der Waals surface area (Å²) in [6.07, 6.45) is 1.98. The summed E-state index contributed by atoms with van der Waals surface area (Å²) in [7, 11) is 0. The Kier molecular flexibility index (Phi) is 0.756. The average molecular weight is 144 g/mol. The number of benzene rings is 1. The van der Waals surface area contributed by atoms with Gasteiger partial charge in [0.1, 0.15) is 0 Å². The van der Waals surface area contributed by atoms with Crippen molar-refractivity contribution < 1.29 is 0 Å². The molecule has 0 bridgehead atoms. The van der Waals surface area contributed by atoms with E-state index in [4.69, 9.17) is 0 Å². The molecule has 0 spiro atoms. The summed E-state index contributed by atoms with van der Waals surface area (Å²) in [5, 5.41) is 4.61. The van der Waals surface area contributed by atoms with Gasteiger partial charge in [-0.25, -0.2) is 0 Å². The highest BCUT2D eigenvalue weighted by Crippen LogP contribution is 2.33. The van der Waals surface area contributed by atoms with Crippen LogP contribution in [0, 0.1) is 0 Å². The molecule has 0 saturated heterocycles. The molecule has 0 amide bonds. The van der Waals surface area contributed by atoms with Gasteiger partial charge in [0, 0.05) is 29.3 Å². The van der Waals surface area contributed by atoms with Gasteiger partial charge in [-0.15, -0.1) is 0 Å². The summed E-state index contributed by atoms with van der Waals surface area (Å²) in [5.41, 5.74) is 3.96. The van der Waals surface area contributed by atoms with Gasteiger partial charge in [-0.05, 0) is 17.7 Å². The van der Waals surface area contributed by atoms with E-state index in [1.165, 1.54) is 22.2 Å². The van der Waals surface area contributed by atoms with E-state index in [0.29, 0.717) is 0 Å². The molecule has 2 nitrogen and oxygen atoms in total. The van der Waals surface area contributed by atoms with Crippen molar-refractivity contribution in [2.45, 2.75) is 6.54 Å². The summed E-state index contributed by atoms with van der Waals surface area (Å²) >= 11 is 0. The molecule has 1 aliphatic rings. The van der Waals surface area contributed by atoms with Crippen molar-refractivity contribution in [1.29, 1.82) is 0 Å². The molecule has 2 N–H and O–H groups in total. The van der Waals surface area contributed by atoms with Crippen molar-refractivity contribution in [3.05, 3.63) is 30.0 Å². The van der Waals surface area contributed by atoms with E-state index >= 15 is 0 Å². The molecule has 2 aromatic rings. The minimum atomic E-state index is 1.02. The van der Waals surface area contributed by atoms with Crippen LogP contribution < -0.4 is 5.32 Å². The molecule has 2 heteroatoms. The van der Waals surface area contributed by atoms with Crippen molar-refractivity contribution in [2.75, 3.05) is 5.32 Å². The van der Waals surface area contributed by atoms with Crippen LogP contribution in [-0.4, -0.2) is 4.98 Å². The molecule has 1 aliphatic heterocycles. The first kappa shape index (κ1) is 5.24. The lowest BCUT2D eigenvalue weighted by Gasteiger charge is -2.21. The zero-order valence-corrected chi connectivity index (χ0v) is 6.02. The Morgan fingerprint density at radius 3 is 3.00 bits per heavy atom. The lowest BCUT2D eigenvalue weighted by molar-refractivity contribution is 1.06. The van der Waals surface area contributed by atoms with E-state index in [-0.39, 0.29) is 0 Å². The van der Waals surface area contributed by atoms with Crippen LogP contribution >= 0.6 is 0 Å². The van der Waals surface area contributed by atoms with Crippen LogP contribution in [0.3, 0.4) is 0 Å². The van der Waals surface area contributed by atoms with Crippen molar-refractivity contribution in [3.63, 3.8) is 0 Å². The van der Waals surface area contributed by atoms with E-state index in [1.807, 2.05) is 6.20 Å². The monoisotopic (exact) mass is 144 g/mol. The predicted octanol–water partition coefficient (Wildman–Crippen LogP) is 2.09. The van der Waals surface area contributed by atoms with Crippen molar-refractivity contribution in [3.8, 4) is 0 Å². The van der Waals surface area contributed by atoms with Crippen molar-refractivity contribution >= 4 is 16.6 Å². The molecule has 3 rings (SSSR count). The highest BCUT2D eigenvalue weighted by molar-refractivity contribution is 5.96. The van der Waals surface area contributed by atoms with Crippen LogP contribution in [-0.2, 0) is 6.54 Å². The van der Waals surface area contributed by atoms with Gasteiger partial charge in [0.2, 0.25) is 0 Å². The maximum absolute atomic E-state index is 3.30. The quantitative estimate of drug-likeness (QED) is 0.582. The summed E-state index contributed by atoms with van der Waals surface area (Å²) in [6, 6.07) is 6.42. The Morgan fingerprint density at radius 1 is 1.18 bits per heavy atom. The first-order valence-corrected chi connectivity index (χ1v) is 3.78. The van der Waals surface area contributed by atoms with Gasteiger partial charge in [-0.2, -0.15) is 0 Å². The van der Waals surface area contributed by atoms with E-state index < -0.39 is 0 Å². The SMILES string of the molecule is c1cc2c3c(ccc2[nH]1)CN3. The molecular weight excluding hydrogens is 136 g/mol. The minimum absolute atomic E-state index is 1.02. The van der Waals surface area contributed by atoms with E-state index in [1.54, 1.807) is 0 Å². The van der Waals surface area contributed by atoms with Gasteiger partial charge in [-0.1, -0.05) is 6.07 Å².